The summed E-state index contributed by atoms with van der Waals surface area (Å²) in [5.74, 6) is 0.514. The molecule has 0 aromatic rings. The molecule has 0 radical (unpaired) electrons. The Morgan fingerprint density at radius 1 is 1.19 bits per heavy atom. The van der Waals surface area contributed by atoms with Crippen LogP contribution in [0.25, 0.3) is 0 Å². The fourth-order valence-corrected chi connectivity index (χ4v) is 2.05. The molecule has 1 saturated heterocycles. The molecule has 1 atom stereocenters. The van der Waals surface area contributed by atoms with Gasteiger partial charge in [-0.2, -0.15) is 0 Å². The normalized spacial score (nSPS) is 31.7. The Hall–Kier alpha value is -0.535. The largest absolute Gasteiger partial charge is 0.490 e. The molecule has 0 aromatic heterocycles. The number of rotatable bonds is 1. The van der Waals surface area contributed by atoms with E-state index < -0.39 is 0 Å². The molecule has 2 aliphatic rings. The fraction of sp³-hybridized carbons (Fsp3) is 0.692. The lowest BCUT2D eigenvalue weighted by Crippen LogP contribution is -2.41. The van der Waals surface area contributed by atoms with Gasteiger partial charge in [0, 0.05) is 0 Å². The van der Waals surface area contributed by atoms with Gasteiger partial charge in [-0.15, -0.1) is 0 Å². The molecule has 0 amide bonds. The maximum atomic E-state index is 6.05. The third-order valence-corrected chi connectivity index (χ3v) is 4.01. The smallest absolute Gasteiger partial charge is 0.400 e. The van der Waals surface area contributed by atoms with Gasteiger partial charge in [-0.1, -0.05) is 25.2 Å². The molecule has 1 heterocycles. The standard InChI is InChI=1S/C13H21BO2/c1-10-8-6-7-9-11(10)14-15-12(2,3)13(4,5)16-14/h6-7,9-10H,8H2,1-5H3. The maximum absolute atomic E-state index is 6.05. The second-order valence-corrected chi connectivity index (χ2v) is 5.82. The molecule has 2 nitrogen and oxygen atoms in total. The summed E-state index contributed by atoms with van der Waals surface area (Å²) in [5, 5.41) is 0. The van der Waals surface area contributed by atoms with Crippen LogP contribution < -0.4 is 0 Å². The van der Waals surface area contributed by atoms with Gasteiger partial charge in [-0.25, -0.2) is 0 Å². The topological polar surface area (TPSA) is 18.5 Å². The average Bonchev–Trinajstić information content (AvgIpc) is 2.36. The van der Waals surface area contributed by atoms with Gasteiger partial charge in [-0.3, -0.25) is 0 Å². The summed E-state index contributed by atoms with van der Waals surface area (Å²) in [5.41, 5.74) is 0.792. The van der Waals surface area contributed by atoms with Crippen LogP contribution in [-0.4, -0.2) is 18.3 Å². The molecule has 1 fully saturated rings. The molecule has 1 aliphatic heterocycles. The molecule has 0 N–H and O–H groups in total. The van der Waals surface area contributed by atoms with Gasteiger partial charge in [-0.05, 0) is 45.5 Å². The van der Waals surface area contributed by atoms with Crippen LogP contribution >= 0.6 is 0 Å². The summed E-state index contributed by atoms with van der Waals surface area (Å²) in [7, 11) is -0.176. The van der Waals surface area contributed by atoms with Crippen molar-refractivity contribution in [1.82, 2.24) is 0 Å². The molecule has 1 aliphatic carbocycles. The van der Waals surface area contributed by atoms with E-state index in [0.29, 0.717) is 5.92 Å². The predicted octanol–water partition coefficient (Wildman–Crippen LogP) is 3.14. The molecular weight excluding hydrogens is 199 g/mol. The zero-order valence-corrected chi connectivity index (χ0v) is 10.9. The first-order valence-corrected chi connectivity index (χ1v) is 6.06. The molecule has 3 heteroatoms. The second kappa shape index (κ2) is 3.74. The maximum Gasteiger partial charge on any atom is 0.490 e. The molecule has 88 valence electrons. The van der Waals surface area contributed by atoms with Gasteiger partial charge in [0.2, 0.25) is 0 Å². The highest BCUT2D eigenvalue weighted by Crippen LogP contribution is 2.40. The quantitative estimate of drug-likeness (QED) is 0.632. The summed E-state index contributed by atoms with van der Waals surface area (Å²) >= 11 is 0. The minimum atomic E-state index is -0.237. The Kier molecular flexibility index (Phi) is 2.79. The Morgan fingerprint density at radius 2 is 1.75 bits per heavy atom. The summed E-state index contributed by atoms with van der Waals surface area (Å²) < 4.78 is 12.1. The van der Waals surface area contributed by atoms with Crippen LogP contribution in [-0.2, 0) is 9.31 Å². The Balaban J connectivity index is 2.20. The van der Waals surface area contributed by atoms with E-state index in [4.69, 9.17) is 9.31 Å². The Bertz CT molecular complexity index is 326. The third kappa shape index (κ3) is 1.87. The van der Waals surface area contributed by atoms with Crippen LogP contribution in [0.3, 0.4) is 0 Å². The summed E-state index contributed by atoms with van der Waals surface area (Å²) in [4.78, 5) is 0. The number of allylic oxidation sites excluding steroid dienone is 4. The van der Waals surface area contributed by atoms with E-state index >= 15 is 0 Å². The van der Waals surface area contributed by atoms with E-state index in [1.165, 1.54) is 5.47 Å². The first-order chi connectivity index (χ1) is 7.33. The first kappa shape index (κ1) is 11.9. The zero-order chi connectivity index (χ0) is 12.0. The molecule has 0 bridgehead atoms. The van der Waals surface area contributed by atoms with Gasteiger partial charge in [0.15, 0.2) is 0 Å². The van der Waals surface area contributed by atoms with E-state index in [1.54, 1.807) is 0 Å². The van der Waals surface area contributed by atoms with E-state index in [9.17, 15) is 0 Å². The van der Waals surface area contributed by atoms with Crippen LogP contribution in [0.5, 0.6) is 0 Å². The molecule has 16 heavy (non-hydrogen) atoms. The van der Waals surface area contributed by atoms with Crippen LogP contribution in [0.15, 0.2) is 23.7 Å². The van der Waals surface area contributed by atoms with Crippen molar-refractivity contribution in [2.45, 2.75) is 52.2 Å². The first-order valence-electron chi connectivity index (χ1n) is 6.06. The predicted molar refractivity (Wildman–Crippen MR) is 67.1 cm³/mol. The van der Waals surface area contributed by atoms with Crippen molar-refractivity contribution in [3.8, 4) is 0 Å². The van der Waals surface area contributed by atoms with Crippen LogP contribution in [0, 0.1) is 5.92 Å². The highest BCUT2D eigenvalue weighted by atomic mass is 16.7. The Morgan fingerprint density at radius 3 is 2.25 bits per heavy atom. The van der Waals surface area contributed by atoms with Gasteiger partial charge >= 0.3 is 7.12 Å². The van der Waals surface area contributed by atoms with E-state index in [1.807, 2.05) is 0 Å². The van der Waals surface area contributed by atoms with Gasteiger partial charge in [0.1, 0.15) is 0 Å². The molecular formula is C13H21BO2. The summed E-state index contributed by atoms with van der Waals surface area (Å²) in [6, 6.07) is 0. The van der Waals surface area contributed by atoms with E-state index in [0.717, 1.165) is 6.42 Å². The van der Waals surface area contributed by atoms with Crippen molar-refractivity contribution in [2.24, 2.45) is 5.92 Å². The van der Waals surface area contributed by atoms with E-state index in [-0.39, 0.29) is 18.3 Å². The van der Waals surface area contributed by atoms with Crippen molar-refractivity contribution in [3.63, 3.8) is 0 Å². The fourth-order valence-electron chi connectivity index (χ4n) is 2.05. The molecule has 0 spiro atoms. The zero-order valence-electron chi connectivity index (χ0n) is 10.9. The van der Waals surface area contributed by atoms with Crippen molar-refractivity contribution >= 4 is 7.12 Å². The highest BCUT2D eigenvalue weighted by molar-refractivity contribution is 6.54. The molecule has 0 saturated carbocycles. The van der Waals surface area contributed by atoms with Crippen molar-refractivity contribution in [1.29, 1.82) is 0 Å². The van der Waals surface area contributed by atoms with Crippen molar-refractivity contribution in [3.05, 3.63) is 23.7 Å². The lowest BCUT2D eigenvalue weighted by Gasteiger charge is -2.32. The second-order valence-electron chi connectivity index (χ2n) is 5.82. The van der Waals surface area contributed by atoms with Crippen molar-refractivity contribution < 1.29 is 9.31 Å². The van der Waals surface area contributed by atoms with Gasteiger partial charge < -0.3 is 9.31 Å². The molecule has 2 rings (SSSR count). The van der Waals surface area contributed by atoms with Crippen LogP contribution in [0.4, 0.5) is 0 Å². The van der Waals surface area contributed by atoms with E-state index in [2.05, 4.69) is 52.8 Å². The molecule has 1 unspecified atom stereocenters. The lowest BCUT2D eigenvalue weighted by atomic mass is 9.69. The summed E-state index contributed by atoms with van der Waals surface area (Å²) in [6.07, 6.45) is 7.51. The number of hydrogen-bond donors (Lipinski definition) is 0. The minimum Gasteiger partial charge on any atom is -0.400 e. The summed E-state index contributed by atoms with van der Waals surface area (Å²) in [6.45, 7) is 10.6. The van der Waals surface area contributed by atoms with Gasteiger partial charge in [0.25, 0.3) is 0 Å². The third-order valence-electron chi connectivity index (χ3n) is 4.01. The Labute approximate surface area is 98.8 Å². The van der Waals surface area contributed by atoms with Crippen molar-refractivity contribution in [2.75, 3.05) is 0 Å². The lowest BCUT2D eigenvalue weighted by molar-refractivity contribution is 0.00578. The van der Waals surface area contributed by atoms with Crippen LogP contribution in [0.1, 0.15) is 41.0 Å². The molecule has 0 aromatic carbocycles. The SMILES string of the molecule is CC1CC=CC=C1B1OC(C)(C)C(C)(C)O1. The van der Waals surface area contributed by atoms with Gasteiger partial charge in [0.05, 0.1) is 11.2 Å². The highest BCUT2D eigenvalue weighted by Gasteiger charge is 2.52. The van der Waals surface area contributed by atoms with Crippen LogP contribution in [0.2, 0.25) is 0 Å². The average molecular weight is 220 g/mol. The number of hydrogen-bond acceptors (Lipinski definition) is 2. The monoisotopic (exact) mass is 220 g/mol. The minimum absolute atomic E-state index is 0.176.